The number of hydrogen-bond donors (Lipinski definition) is 1. The van der Waals surface area contributed by atoms with E-state index < -0.39 is 0 Å². The van der Waals surface area contributed by atoms with Gasteiger partial charge in [-0.3, -0.25) is 4.90 Å². The van der Waals surface area contributed by atoms with Gasteiger partial charge < -0.3 is 10.5 Å². The summed E-state index contributed by atoms with van der Waals surface area (Å²) < 4.78 is 5.42. The smallest absolute Gasteiger partial charge is 0.0820 e. The van der Waals surface area contributed by atoms with Crippen LogP contribution in [0.2, 0.25) is 0 Å². The number of ether oxygens (including phenoxy) is 1. The van der Waals surface area contributed by atoms with Gasteiger partial charge in [0.05, 0.1) is 6.10 Å². The summed E-state index contributed by atoms with van der Waals surface area (Å²) in [6.07, 6.45) is 8.73. The van der Waals surface area contributed by atoms with Gasteiger partial charge in [0.25, 0.3) is 0 Å². The van der Waals surface area contributed by atoms with Crippen LogP contribution in [0.15, 0.2) is 0 Å². The molecule has 2 fully saturated rings. The molecule has 2 rings (SSSR count). The summed E-state index contributed by atoms with van der Waals surface area (Å²) in [6.45, 7) is 2.93. The van der Waals surface area contributed by atoms with Crippen molar-refractivity contribution in [2.75, 3.05) is 26.7 Å². The van der Waals surface area contributed by atoms with Gasteiger partial charge in [-0.2, -0.15) is 0 Å². The molecule has 94 valence electrons. The number of rotatable bonds is 4. The summed E-state index contributed by atoms with van der Waals surface area (Å²) in [5, 5.41) is 0. The Labute approximate surface area is 99.3 Å². The van der Waals surface area contributed by atoms with Crippen molar-refractivity contribution in [1.82, 2.24) is 4.90 Å². The quantitative estimate of drug-likeness (QED) is 0.791. The highest BCUT2D eigenvalue weighted by Gasteiger charge is 2.33. The van der Waals surface area contributed by atoms with Crippen molar-refractivity contribution in [3.63, 3.8) is 0 Å². The van der Waals surface area contributed by atoms with E-state index in [-0.39, 0.29) is 6.10 Å². The Morgan fingerprint density at radius 1 is 1.25 bits per heavy atom. The van der Waals surface area contributed by atoms with Gasteiger partial charge in [-0.15, -0.1) is 0 Å². The molecule has 1 unspecified atom stereocenters. The van der Waals surface area contributed by atoms with Crippen molar-refractivity contribution in [2.24, 2.45) is 11.7 Å². The van der Waals surface area contributed by atoms with E-state index in [0.29, 0.717) is 6.54 Å². The highest BCUT2D eigenvalue weighted by molar-refractivity contribution is 4.88. The fourth-order valence-corrected chi connectivity index (χ4v) is 3.46. The molecule has 0 aromatic heterocycles. The molecule has 0 bridgehead atoms. The second-order valence-electron chi connectivity index (χ2n) is 5.34. The molecule has 1 aliphatic heterocycles. The number of hydrogen-bond acceptors (Lipinski definition) is 3. The SMILES string of the molecule is COC(CN)CN1CCC[C@H]2CCCC[C@H]21. The minimum absolute atomic E-state index is 0.223. The maximum absolute atomic E-state index is 5.72. The third-order valence-electron chi connectivity index (χ3n) is 4.39. The lowest BCUT2D eigenvalue weighted by Crippen LogP contribution is -2.50. The second kappa shape index (κ2) is 5.99. The maximum Gasteiger partial charge on any atom is 0.0820 e. The Morgan fingerprint density at radius 2 is 2.00 bits per heavy atom. The molecular formula is C13H26N2O. The number of nitrogens with two attached hydrogens (primary N) is 1. The van der Waals surface area contributed by atoms with Gasteiger partial charge in [-0.1, -0.05) is 12.8 Å². The molecule has 0 aromatic carbocycles. The monoisotopic (exact) mass is 226 g/mol. The lowest BCUT2D eigenvalue weighted by atomic mass is 9.78. The van der Waals surface area contributed by atoms with Crippen LogP contribution < -0.4 is 5.73 Å². The largest absolute Gasteiger partial charge is 0.379 e. The standard InChI is InChI=1S/C13H26N2O/c1-16-12(9-14)10-15-8-4-6-11-5-2-3-7-13(11)15/h11-13H,2-10,14H2,1H3/t11-,12?,13-/m1/s1. The highest BCUT2D eigenvalue weighted by atomic mass is 16.5. The lowest BCUT2D eigenvalue weighted by molar-refractivity contribution is 0.00749. The van der Waals surface area contributed by atoms with Gasteiger partial charge in [-0.25, -0.2) is 0 Å². The number of nitrogens with zero attached hydrogens (tertiary/aromatic N) is 1. The molecular weight excluding hydrogens is 200 g/mol. The van der Waals surface area contributed by atoms with Crippen LogP contribution in [0.3, 0.4) is 0 Å². The molecule has 1 saturated carbocycles. The Bertz CT molecular complexity index is 204. The summed E-state index contributed by atoms with van der Waals surface area (Å²) >= 11 is 0. The molecule has 1 heterocycles. The molecule has 16 heavy (non-hydrogen) atoms. The van der Waals surface area contributed by atoms with Gasteiger partial charge in [0.1, 0.15) is 0 Å². The minimum atomic E-state index is 0.223. The first-order valence-corrected chi connectivity index (χ1v) is 6.82. The van der Waals surface area contributed by atoms with Crippen LogP contribution in [-0.4, -0.2) is 43.8 Å². The van der Waals surface area contributed by atoms with E-state index in [2.05, 4.69) is 4.90 Å². The average Bonchev–Trinajstić information content (AvgIpc) is 2.36. The van der Waals surface area contributed by atoms with E-state index in [0.717, 1.165) is 18.5 Å². The third kappa shape index (κ3) is 2.76. The van der Waals surface area contributed by atoms with Crippen molar-refractivity contribution in [3.05, 3.63) is 0 Å². The topological polar surface area (TPSA) is 38.5 Å². The molecule has 0 radical (unpaired) electrons. The lowest BCUT2D eigenvalue weighted by Gasteiger charge is -2.45. The first-order valence-electron chi connectivity index (χ1n) is 6.82. The second-order valence-corrected chi connectivity index (χ2v) is 5.34. The molecule has 1 aliphatic carbocycles. The molecule has 0 amide bonds. The molecule has 2 N–H and O–H groups in total. The Balaban J connectivity index is 1.91. The van der Waals surface area contributed by atoms with Crippen LogP contribution in [0.25, 0.3) is 0 Å². The Kier molecular flexibility index (Phi) is 4.62. The van der Waals surface area contributed by atoms with Crippen molar-refractivity contribution in [1.29, 1.82) is 0 Å². The van der Waals surface area contributed by atoms with Gasteiger partial charge in [0.15, 0.2) is 0 Å². The van der Waals surface area contributed by atoms with Gasteiger partial charge in [0, 0.05) is 26.2 Å². The zero-order chi connectivity index (χ0) is 11.4. The zero-order valence-electron chi connectivity index (χ0n) is 10.5. The third-order valence-corrected chi connectivity index (χ3v) is 4.39. The van der Waals surface area contributed by atoms with Crippen LogP contribution >= 0.6 is 0 Å². The molecule has 0 aromatic rings. The van der Waals surface area contributed by atoms with E-state index in [1.807, 2.05) is 0 Å². The van der Waals surface area contributed by atoms with E-state index in [9.17, 15) is 0 Å². The first-order chi connectivity index (χ1) is 7.85. The van der Waals surface area contributed by atoms with Gasteiger partial charge in [0.2, 0.25) is 0 Å². The molecule has 3 heteroatoms. The fraction of sp³-hybridized carbons (Fsp3) is 1.00. The number of methoxy groups -OCH3 is 1. The zero-order valence-corrected chi connectivity index (χ0v) is 10.5. The maximum atomic E-state index is 5.72. The summed E-state index contributed by atoms with van der Waals surface area (Å²) in [5.74, 6) is 0.956. The van der Waals surface area contributed by atoms with Crippen molar-refractivity contribution < 1.29 is 4.74 Å². The predicted molar refractivity (Wildman–Crippen MR) is 66.4 cm³/mol. The van der Waals surface area contributed by atoms with E-state index in [4.69, 9.17) is 10.5 Å². The fourth-order valence-electron chi connectivity index (χ4n) is 3.46. The predicted octanol–water partition coefficient (Wildman–Crippen LogP) is 1.61. The Hall–Kier alpha value is -0.120. The molecule has 0 spiro atoms. The number of piperidine rings is 1. The highest BCUT2D eigenvalue weighted by Crippen LogP contribution is 2.35. The summed E-state index contributed by atoms with van der Waals surface area (Å²) in [7, 11) is 1.78. The minimum Gasteiger partial charge on any atom is -0.379 e. The summed E-state index contributed by atoms with van der Waals surface area (Å²) in [6, 6.07) is 0.826. The number of likely N-dealkylation sites (tertiary alicyclic amines) is 1. The van der Waals surface area contributed by atoms with Crippen LogP contribution in [0.1, 0.15) is 38.5 Å². The molecule has 1 saturated heterocycles. The van der Waals surface area contributed by atoms with E-state index in [1.165, 1.54) is 45.1 Å². The normalized spacial score (nSPS) is 33.4. The van der Waals surface area contributed by atoms with Crippen molar-refractivity contribution in [2.45, 2.75) is 50.7 Å². The average molecular weight is 226 g/mol. The van der Waals surface area contributed by atoms with E-state index >= 15 is 0 Å². The molecule has 3 nitrogen and oxygen atoms in total. The first kappa shape index (κ1) is 12.3. The van der Waals surface area contributed by atoms with E-state index in [1.54, 1.807) is 7.11 Å². The van der Waals surface area contributed by atoms with Crippen LogP contribution in [0, 0.1) is 5.92 Å². The summed E-state index contributed by atoms with van der Waals surface area (Å²) in [4.78, 5) is 2.65. The van der Waals surface area contributed by atoms with Crippen LogP contribution in [0.4, 0.5) is 0 Å². The van der Waals surface area contributed by atoms with Crippen LogP contribution in [-0.2, 0) is 4.74 Å². The van der Waals surface area contributed by atoms with Crippen LogP contribution in [0.5, 0.6) is 0 Å². The molecule has 3 atom stereocenters. The number of fused-ring (bicyclic) bond motifs is 1. The Morgan fingerprint density at radius 3 is 2.75 bits per heavy atom. The van der Waals surface area contributed by atoms with Gasteiger partial charge in [-0.05, 0) is 38.1 Å². The van der Waals surface area contributed by atoms with Crippen molar-refractivity contribution >= 4 is 0 Å². The van der Waals surface area contributed by atoms with Gasteiger partial charge >= 0.3 is 0 Å². The summed E-state index contributed by atoms with van der Waals surface area (Å²) in [5.41, 5.74) is 5.72. The van der Waals surface area contributed by atoms with Crippen molar-refractivity contribution in [3.8, 4) is 0 Å². The molecule has 2 aliphatic rings.